The fourth-order valence-electron chi connectivity index (χ4n) is 3.05. The lowest BCUT2D eigenvalue weighted by atomic mass is 10.1. The molecule has 2 N–H and O–H groups in total. The monoisotopic (exact) mass is 494 g/mol. The normalized spacial score (nSPS) is 12.4. The molecule has 3 rings (SSSR count). The Morgan fingerprint density at radius 2 is 1.75 bits per heavy atom. The van der Waals surface area contributed by atoms with E-state index in [0.717, 1.165) is 11.6 Å². The van der Waals surface area contributed by atoms with Crippen LogP contribution in [-0.4, -0.2) is 20.4 Å². The number of amides is 1. The van der Waals surface area contributed by atoms with Gasteiger partial charge in [0.15, 0.2) is 0 Å². The summed E-state index contributed by atoms with van der Waals surface area (Å²) in [5, 5.41) is 2.86. The summed E-state index contributed by atoms with van der Waals surface area (Å²) in [4.78, 5) is 12.1. The third-order valence-electron chi connectivity index (χ3n) is 4.74. The second-order valence-corrected chi connectivity index (χ2v) is 9.82. The third-order valence-corrected chi connectivity index (χ3v) is 6.88. The van der Waals surface area contributed by atoms with Crippen LogP contribution in [0.2, 0.25) is 10.0 Å². The van der Waals surface area contributed by atoms with E-state index >= 15 is 0 Å². The number of halogens is 3. The molecule has 168 valence electrons. The molecule has 1 atom stereocenters. The Hall–Kier alpha value is -2.45. The number of hydrogen-bond acceptors (Lipinski definition) is 3. The first-order valence-corrected chi connectivity index (χ1v) is 12.0. The lowest BCUT2D eigenvalue weighted by Crippen LogP contribution is -2.33. The summed E-state index contributed by atoms with van der Waals surface area (Å²) in [6.45, 7) is 1.75. The highest BCUT2D eigenvalue weighted by atomic mass is 35.5. The van der Waals surface area contributed by atoms with E-state index in [4.69, 9.17) is 23.2 Å². The molecule has 1 amide bonds. The van der Waals surface area contributed by atoms with E-state index in [2.05, 4.69) is 10.0 Å². The Bertz CT molecular complexity index is 1220. The summed E-state index contributed by atoms with van der Waals surface area (Å²) in [6.07, 6.45) is 1.29. The zero-order valence-electron chi connectivity index (χ0n) is 17.1. The first-order valence-electron chi connectivity index (χ1n) is 9.78. The summed E-state index contributed by atoms with van der Waals surface area (Å²) in [5.41, 5.74) is 1.05. The predicted octanol–water partition coefficient (Wildman–Crippen LogP) is 5.68. The number of benzene rings is 3. The van der Waals surface area contributed by atoms with Gasteiger partial charge in [0.2, 0.25) is 10.0 Å². The van der Waals surface area contributed by atoms with Gasteiger partial charge >= 0.3 is 0 Å². The molecule has 5 nitrogen and oxygen atoms in total. The van der Waals surface area contributed by atoms with Crippen LogP contribution in [0.1, 0.15) is 29.3 Å². The zero-order valence-corrected chi connectivity index (χ0v) is 19.4. The predicted molar refractivity (Wildman–Crippen MR) is 125 cm³/mol. The molecule has 3 aromatic carbocycles. The minimum Gasteiger partial charge on any atom is -0.319 e. The van der Waals surface area contributed by atoms with Gasteiger partial charge in [-0.25, -0.2) is 17.5 Å². The van der Waals surface area contributed by atoms with Crippen LogP contribution in [-0.2, 0) is 16.4 Å². The van der Waals surface area contributed by atoms with Crippen molar-refractivity contribution >= 4 is 44.8 Å². The highest BCUT2D eigenvalue weighted by molar-refractivity contribution is 7.89. The maximum atomic E-state index is 14.6. The summed E-state index contributed by atoms with van der Waals surface area (Å²) < 4.78 is 42.4. The van der Waals surface area contributed by atoms with E-state index in [0.29, 0.717) is 17.9 Å². The molecule has 0 bridgehead atoms. The van der Waals surface area contributed by atoms with Gasteiger partial charge in [0.1, 0.15) is 5.82 Å². The van der Waals surface area contributed by atoms with Crippen molar-refractivity contribution in [3.05, 3.63) is 93.7 Å². The molecule has 9 heteroatoms. The number of anilines is 1. The average Bonchev–Trinajstić information content (AvgIpc) is 2.74. The number of nitrogens with one attached hydrogen (secondary N) is 2. The van der Waals surface area contributed by atoms with Gasteiger partial charge in [-0.2, -0.15) is 0 Å². The highest BCUT2D eigenvalue weighted by Gasteiger charge is 2.20. The minimum absolute atomic E-state index is 0.112. The van der Waals surface area contributed by atoms with Crippen LogP contribution in [0.4, 0.5) is 10.1 Å². The smallest absolute Gasteiger partial charge is 0.257 e. The van der Waals surface area contributed by atoms with Crippen molar-refractivity contribution in [3.8, 4) is 0 Å². The van der Waals surface area contributed by atoms with E-state index in [1.807, 2.05) is 30.3 Å². The Balaban J connectivity index is 1.67. The van der Waals surface area contributed by atoms with Crippen molar-refractivity contribution in [1.29, 1.82) is 0 Å². The van der Waals surface area contributed by atoms with E-state index in [9.17, 15) is 17.6 Å². The molecule has 0 aliphatic heterocycles. The second kappa shape index (κ2) is 10.4. The Morgan fingerprint density at radius 3 is 2.41 bits per heavy atom. The van der Waals surface area contributed by atoms with Crippen LogP contribution >= 0.6 is 23.2 Å². The van der Waals surface area contributed by atoms with Gasteiger partial charge in [-0.3, -0.25) is 4.79 Å². The van der Waals surface area contributed by atoms with Gasteiger partial charge in [0.25, 0.3) is 5.91 Å². The minimum atomic E-state index is -3.93. The van der Waals surface area contributed by atoms with Crippen LogP contribution in [0.5, 0.6) is 0 Å². The van der Waals surface area contributed by atoms with Crippen molar-refractivity contribution < 1.29 is 17.6 Å². The van der Waals surface area contributed by atoms with Gasteiger partial charge in [-0.05, 0) is 61.7 Å². The molecule has 0 aromatic heterocycles. The number of sulfonamides is 1. The van der Waals surface area contributed by atoms with Crippen LogP contribution < -0.4 is 10.0 Å². The lowest BCUT2D eigenvalue weighted by Gasteiger charge is -2.15. The Morgan fingerprint density at radius 1 is 1.03 bits per heavy atom. The molecule has 0 saturated carbocycles. The standard InChI is InChI=1S/C23H21Cl2FN2O3S/c1-15(7-8-16-5-3-2-4-6-16)28-32(30,31)18-10-12-22(21(26)14-18)27-23(29)19-11-9-17(24)13-20(19)25/h2-6,9-15,28H,7-8H2,1H3,(H,27,29)/t15-/m1/s1. The van der Waals surface area contributed by atoms with E-state index in [1.54, 1.807) is 6.92 Å². The van der Waals surface area contributed by atoms with Crippen molar-refractivity contribution in [2.45, 2.75) is 30.7 Å². The molecule has 0 heterocycles. The first-order chi connectivity index (χ1) is 15.2. The molecule has 0 radical (unpaired) electrons. The summed E-state index contributed by atoms with van der Waals surface area (Å²) in [7, 11) is -3.93. The molecule has 32 heavy (non-hydrogen) atoms. The summed E-state index contributed by atoms with van der Waals surface area (Å²) >= 11 is 11.8. The van der Waals surface area contributed by atoms with Crippen LogP contribution in [0.15, 0.2) is 71.6 Å². The van der Waals surface area contributed by atoms with Gasteiger partial charge < -0.3 is 5.32 Å². The molecule has 3 aromatic rings. The Labute approximate surface area is 196 Å². The molecular weight excluding hydrogens is 474 g/mol. The number of hydrogen-bond donors (Lipinski definition) is 2. The number of carbonyl (C=O) groups excluding carboxylic acids is 1. The van der Waals surface area contributed by atoms with Crippen molar-refractivity contribution in [2.75, 3.05) is 5.32 Å². The van der Waals surface area contributed by atoms with Crippen molar-refractivity contribution in [3.63, 3.8) is 0 Å². The number of carbonyl (C=O) groups is 1. The molecule has 0 unspecified atom stereocenters. The van der Waals surface area contributed by atoms with Gasteiger partial charge in [-0.15, -0.1) is 0 Å². The first kappa shape index (κ1) is 24.2. The number of aryl methyl sites for hydroxylation is 1. The molecular formula is C23H21Cl2FN2O3S. The van der Waals surface area contributed by atoms with E-state index in [-0.39, 0.29) is 27.2 Å². The SMILES string of the molecule is C[C@H](CCc1ccccc1)NS(=O)(=O)c1ccc(NC(=O)c2ccc(Cl)cc2Cl)c(F)c1. The van der Waals surface area contributed by atoms with Crippen molar-refractivity contribution in [1.82, 2.24) is 4.72 Å². The maximum Gasteiger partial charge on any atom is 0.257 e. The molecule has 0 aliphatic carbocycles. The third kappa shape index (κ3) is 6.29. The highest BCUT2D eigenvalue weighted by Crippen LogP contribution is 2.24. The molecule has 0 spiro atoms. The maximum absolute atomic E-state index is 14.6. The number of rotatable bonds is 8. The van der Waals surface area contributed by atoms with Gasteiger partial charge in [-0.1, -0.05) is 53.5 Å². The van der Waals surface area contributed by atoms with E-state index in [1.165, 1.54) is 30.3 Å². The topological polar surface area (TPSA) is 75.3 Å². The summed E-state index contributed by atoms with van der Waals surface area (Å²) in [5.74, 6) is -1.53. The fourth-order valence-corrected chi connectivity index (χ4v) is 4.83. The van der Waals surface area contributed by atoms with Crippen LogP contribution in [0.25, 0.3) is 0 Å². The van der Waals surface area contributed by atoms with Gasteiger partial charge in [0.05, 0.1) is 21.2 Å². The van der Waals surface area contributed by atoms with E-state index < -0.39 is 21.7 Å². The largest absolute Gasteiger partial charge is 0.319 e. The molecule has 0 aliphatic rings. The van der Waals surface area contributed by atoms with Crippen LogP contribution in [0, 0.1) is 5.82 Å². The molecule has 0 saturated heterocycles. The summed E-state index contributed by atoms with van der Waals surface area (Å²) in [6, 6.07) is 16.9. The quantitative estimate of drug-likeness (QED) is 0.422. The van der Waals surface area contributed by atoms with Gasteiger partial charge in [0, 0.05) is 11.1 Å². The second-order valence-electron chi connectivity index (χ2n) is 7.27. The average molecular weight is 495 g/mol. The fraction of sp³-hybridized carbons (Fsp3) is 0.174. The lowest BCUT2D eigenvalue weighted by molar-refractivity contribution is 0.102. The van der Waals surface area contributed by atoms with Crippen LogP contribution in [0.3, 0.4) is 0 Å². The Kier molecular flexibility index (Phi) is 7.90. The zero-order chi connectivity index (χ0) is 23.3. The van der Waals surface area contributed by atoms with Crippen molar-refractivity contribution in [2.24, 2.45) is 0 Å². The molecule has 0 fully saturated rings.